The van der Waals surface area contributed by atoms with Crippen molar-refractivity contribution in [1.29, 1.82) is 0 Å². The molecule has 10 aromatic rings. The zero-order chi connectivity index (χ0) is 33.7. The fraction of sp³-hybridized carbons (Fsp3) is 0. The van der Waals surface area contributed by atoms with Crippen molar-refractivity contribution in [3.63, 3.8) is 0 Å². The first kappa shape index (κ1) is 29.1. The second-order valence-corrected chi connectivity index (χ2v) is 13.1. The number of para-hydroxylation sites is 4. The van der Waals surface area contributed by atoms with Gasteiger partial charge in [-0.15, -0.1) is 0 Å². The molecule has 0 unspecified atom stereocenters. The van der Waals surface area contributed by atoms with Gasteiger partial charge in [0, 0.05) is 55.4 Å². The first-order valence-electron chi connectivity index (χ1n) is 17.4. The van der Waals surface area contributed by atoms with Gasteiger partial charge in [0.1, 0.15) is 0 Å². The highest BCUT2D eigenvalue weighted by Gasteiger charge is 2.20. The number of hydrogen-bond acceptors (Lipinski definition) is 1. The van der Waals surface area contributed by atoms with Crippen LogP contribution in [0.15, 0.2) is 194 Å². The van der Waals surface area contributed by atoms with Gasteiger partial charge in [-0.1, -0.05) is 127 Å². The molecule has 0 saturated heterocycles. The summed E-state index contributed by atoms with van der Waals surface area (Å²) in [5.41, 5.74) is 13.8. The van der Waals surface area contributed by atoms with Crippen LogP contribution in [0.1, 0.15) is 0 Å². The maximum atomic E-state index is 3.82. The van der Waals surface area contributed by atoms with E-state index in [2.05, 4.69) is 209 Å². The zero-order valence-corrected chi connectivity index (χ0v) is 27.9. The molecule has 0 amide bonds. The summed E-state index contributed by atoms with van der Waals surface area (Å²) in [6.07, 6.45) is 0. The van der Waals surface area contributed by atoms with Crippen molar-refractivity contribution in [3.05, 3.63) is 194 Å². The van der Waals surface area contributed by atoms with Crippen LogP contribution < -0.4 is 4.90 Å². The molecular weight excluding hydrogens is 619 g/mol. The van der Waals surface area contributed by atoms with E-state index in [1.165, 1.54) is 43.7 Å². The molecule has 0 fully saturated rings. The molecule has 2 heterocycles. The lowest BCUT2D eigenvalue weighted by atomic mass is 9.98. The van der Waals surface area contributed by atoms with Crippen LogP contribution in [-0.2, 0) is 0 Å². The Balaban J connectivity index is 1.25. The number of benzene rings is 8. The van der Waals surface area contributed by atoms with Crippen LogP contribution in [-0.4, -0.2) is 9.55 Å². The van der Waals surface area contributed by atoms with Gasteiger partial charge in [0.2, 0.25) is 0 Å². The highest BCUT2D eigenvalue weighted by atomic mass is 15.1. The molecule has 0 atom stereocenters. The summed E-state index contributed by atoms with van der Waals surface area (Å²) in [6, 6.07) is 69.9. The van der Waals surface area contributed by atoms with Crippen LogP contribution in [0.5, 0.6) is 0 Å². The van der Waals surface area contributed by atoms with E-state index in [4.69, 9.17) is 0 Å². The van der Waals surface area contributed by atoms with E-state index in [1.807, 2.05) is 0 Å². The standard InChI is InChI=1S/C48H33N3/c1-4-15-33(16-5-1)34-17-14-22-38(29-34)50(36-18-6-2-7-19-36)39-31-43(48-44(32-39)40-23-10-12-25-45(40)49-48)35-27-28-42-41-24-11-13-26-46(41)51(47(42)30-35)37-20-8-3-9-21-37/h1-32,49H. The number of hydrogen-bond donors (Lipinski definition) is 1. The maximum Gasteiger partial charge on any atom is 0.0547 e. The van der Waals surface area contributed by atoms with Crippen LogP contribution >= 0.6 is 0 Å². The summed E-state index contributed by atoms with van der Waals surface area (Å²) in [7, 11) is 0. The molecule has 8 aromatic carbocycles. The molecule has 0 saturated carbocycles. The van der Waals surface area contributed by atoms with E-state index in [0.29, 0.717) is 0 Å². The molecule has 0 aliphatic carbocycles. The molecule has 0 aliphatic rings. The third-order valence-electron chi connectivity index (χ3n) is 10.1. The number of aromatic amines is 1. The van der Waals surface area contributed by atoms with Crippen molar-refractivity contribution in [2.45, 2.75) is 0 Å². The van der Waals surface area contributed by atoms with Crippen molar-refractivity contribution in [1.82, 2.24) is 9.55 Å². The Bertz CT molecular complexity index is 2850. The van der Waals surface area contributed by atoms with E-state index in [9.17, 15) is 0 Å². The molecule has 3 nitrogen and oxygen atoms in total. The third-order valence-corrected chi connectivity index (χ3v) is 10.1. The maximum absolute atomic E-state index is 3.82. The van der Waals surface area contributed by atoms with Crippen LogP contribution in [0.2, 0.25) is 0 Å². The fourth-order valence-electron chi connectivity index (χ4n) is 7.77. The normalized spacial score (nSPS) is 11.5. The number of anilines is 3. The predicted molar refractivity (Wildman–Crippen MR) is 216 cm³/mol. The topological polar surface area (TPSA) is 24.0 Å². The van der Waals surface area contributed by atoms with Crippen molar-refractivity contribution in [2.24, 2.45) is 0 Å². The van der Waals surface area contributed by atoms with Crippen LogP contribution in [0.25, 0.3) is 71.6 Å². The van der Waals surface area contributed by atoms with Crippen LogP contribution in [0.4, 0.5) is 17.1 Å². The van der Waals surface area contributed by atoms with Gasteiger partial charge in [-0.2, -0.15) is 0 Å². The van der Waals surface area contributed by atoms with Crippen molar-refractivity contribution in [2.75, 3.05) is 4.90 Å². The highest BCUT2D eigenvalue weighted by molar-refractivity contribution is 6.15. The second kappa shape index (κ2) is 11.9. The third kappa shape index (κ3) is 4.90. The lowest BCUT2D eigenvalue weighted by Gasteiger charge is -2.27. The average molecular weight is 652 g/mol. The zero-order valence-electron chi connectivity index (χ0n) is 27.9. The number of rotatable bonds is 6. The molecule has 3 heteroatoms. The van der Waals surface area contributed by atoms with Gasteiger partial charge in [-0.3, -0.25) is 0 Å². The summed E-state index contributed by atoms with van der Waals surface area (Å²) >= 11 is 0. The molecule has 0 radical (unpaired) electrons. The molecule has 0 bridgehead atoms. The van der Waals surface area contributed by atoms with Gasteiger partial charge in [-0.05, 0) is 83.4 Å². The number of nitrogens with one attached hydrogen (secondary N) is 1. The Morgan fingerprint density at radius 1 is 0.373 bits per heavy atom. The molecule has 51 heavy (non-hydrogen) atoms. The minimum absolute atomic E-state index is 1.10. The minimum atomic E-state index is 1.10. The van der Waals surface area contributed by atoms with Gasteiger partial charge in [0.25, 0.3) is 0 Å². The Morgan fingerprint density at radius 2 is 1.02 bits per heavy atom. The smallest absolute Gasteiger partial charge is 0.0547 e. The quantitative estimate of drug-likeness (QED) is 0.190. The van der Waals surface area contributed by atoms with E-state index in [-0.39, 0.29) is 0 Å². The molecule has 0 spiro atoms. The van der Waals surface area contributed by atoms with Crippen LogP contribution in [0, 0.1) is 0 Å². The Labute approximate surface area is 296 Å². The average Bonchev–Trinajstić information content (AvgIpc) is 3.74. The Kier molecular flexibility index (Phi) is 6.81. The number of H-pyrrole nitrogens is 1. The number of fused-ring (bicyclic) bond motifs is 6. The lowest BCUT2D eigenvalue weighted by Crippen LogP contribution is -2.10. The Morgan fingerprint density at radius 3 is 1.84 bits per heavy atom. The SMILES string of the molecule is c1ccc(-c2cccc(N(c3ccccc3)c3cc(-c4ccc5c6ccccc6n(-c6ccccc6)c5c4)c4[nH]c5ccccc5c4c3)c2)cc1. The molecular formula is C48H33N3. The van der Waals surface area contributed by atoms with Crippen molar-refractivity contribution in [3.8, 4) is 27.9 Å². The van der Waals surface area contributed by atoms with Crippen LogP contribution in [0.3, 0.4) is 0 Å². The molecule has 1 N–H and O–H groups in total. The molecule has 2 aromatic heterocycles. The Hall–Kier alpha value is -6.84. The van der Waals surface area contributed by atoms with E-state index >= 15 is 0 Å². The number of nitrogens with zero attached hydrogens (tertiary/aromatic N) is 2. The summed E-state index contributed by atoms with van der Waals surface area (Å²) in [6.45, 7) is 0. The lowest BCUT2D eigenvalue weighted by molar-refractivity contribution is 1.18. The van der Waals surface area contributed by atoms with E-state index in [0.717, 1.165) is 44.9 Å². The molecule has 10 rings (SSSR count). The van der Waals surface area contributed by atoms with Gasteiger partial charge in [0.15, 0.2) is 0 Å². The highest BCUT2D eigenvalue weighted by Crippen LogP contribution is 2.44. The largest absolute Gasteiger partial charge is 0.354 e. The van der Waals surface area contributed by atoms with Gasteiger partial charge >= 0.3 is 0 Å². The fourth-order valence-corrected chi connectivity index (χ4v) is 7.77. The van der Waals surface area contributed by atoms with Crippen molar-refractivity contribution >= 4 is 60.7 Å². The first-order chi connectivity index (χ1) is 25.3. The second-order valence-electron chi connectivity index (χ2n) is 13.1. The summed E-state index contributed by atoms with van der Waals surface area (Å²) in [5.74, 6) is 0. The summed E-state index contributed by atoms with van der Waals surface area (Å²) in [4.78, 5) is 6.20. The summed E-state index contributed by atoms with van der Waals surface area (Å²) in [5, 5.41) is 4.90. The molecule has 240 valence electrons. The van der Waals surface area contributed by atoms with Crippen molar-refractivity contribution < 1.29 is 0 Å². The predicted octanol–water partition coefficient (Wildman–Crippen LogP) is 13.2. The summed E-state index contributed by atoms with van der Waals surface area (Å²) < 4.78 is 2.39. The van der Waals surface area contributed by atoms with Gasteiger partial charge in [0.05, 0.1) is 16.6 Å². The van der Waals surface area contributed by atoms with E-state index < -0.39 is 0 Å². The van der Waals surface area contributed by atoms with E-state index in [1.54, 1.807) is 0 Å². The van der Waals surface area contributed by atoms with Gasteiger partial charge in [-0.25, -0.2) is 0 Å². The molecule has 0 aliphatic heterocycles. The first-order valence-corrected chi connectivity index (χ1v) is 17.4. The minimum Gasteiger partial charge on any atom is -0.354 e. The van der Waals surface area contributed by atoms with Gasteiger partial charge < -0.3 is 14.5 Å². The number of aromatic nitrogens is 2. The monoisotopic (exact) mass is 651 g/mol.